The number of aromatic nitrogens is 4. The van der Waals surface area contributed by atoms with Crippen LogP contribution in [0.25, 0.3) is 33.6 Å². The predicted molar refractivity (Wildman–Crippen MR) is 172 cm³/mol. The molecule has 8 rings (SSSR count). The second-order valence-electron chi connectivity index (χ2n) is 12.7. The predicted octanol–water partition coefficient (Wildman–Crippen LogP) is 4.41. The molecular weight excluding hydrogens is 568 g/mol. The zero-order valence-corrected chi connectivity index (χ0v) is 25.4. The standard InChI is InChI=1S/C34H36N8O3/c1-40-30-24(13-22(15-27(30)45-2)34(44)42-17-21-8-10-25(42)29(21)35)38-33(40)26-14-20-9-11-28(39-32(20)41(26)16-18-6-7-18)37-23-5-3-4-19(12-23)31(36)43/h3-5,9,11-15,18,21,25,29H,6-8,10,16-17,35H2,1-2H3,(H2,36,43)(H,37,39)/t21?,25?,29-/m1/s1. The quantitative estimate of drug-likeness (QED) is 0.238. The van der Waals surface area contributed by atoms with Crippen LogP contribution in [0, 0.1) is 11.8 Å². The maximum atomic E-state index is 13.7. The summed E-state index contributed by atoms with van der Waals surface area (Å²) < 4.78 is 10.1. The van der Waals surface area contributed by atoms with Crippen LogP contribution in [0.5, 0.6) is 5.75 Å². The van der Waals surface area contributed by atoms with Gasteiger partial charge in [-0.3, -0.25) is 9.59 Å². The minimum Gasteiger partial charge on any atom is -0.494 e. The van der Waals surface area contributed by atoms with E-state index in [0.29, 0.717) is 46.6 Å². The lowest BCUT2D eigenvalue weighted by Crippen LogP contribution is -2.41. The maximum Gasteiger partial charge on any atom is 0.254 e. The topological polar surface area (TPSA) is 146 Å². The number of primary amides is 1. The van der Waals surface area contributed by atoms with Crippen LogP contribution in [0.4, 0.5) is 11.5 Å². The number of nitrogens with two attached hydrogens (primary N) is 2. The number of imidazole rings is 1. The number of hydrogen-bond acceptors (Lipinski definition) is 7. The van der Waals surface area contributed by atoms with Gasteiger partial charge in [-0.05, 0) is 86.1 Å². The fourth-order valence-corrected chi connectivity index (χ4v) is 7.29. The van der Waals surface area contributed by atoms with Crippen molar-refractivity contribution in [1.29, 1.82) is 0 Å². The minimum absolute atomic E-state index is 0.0153. The van der Waals surface area contributed by atoms with E-state index in [9.17, 15) is 9.59 Å². The molecule has 1 aliphatic heterocycles. The smallest absolute Gasteiger partial charge is 0.254 e. The molecule has 0 radical (unpaired) electrons. The zero-order valence-electron chi connectivity index (χ0n) is 25.4. The zero-order chi connectivity index (χ0) is 31.0. The minimum atomic E-state index is -0.479. The number of nitrogens with one attached hydrogen (secondary N) is 1. The lowest BCUT2D eigenvalue weighted by Gasteiger charge is -2.27. The lowest BCUT2D eigenvalue weighted by molar-refractivity contribution is 0.0700. The van der Waals surface area contributed by atoms with Crippen molar-refractivity contribution in [3.63, 3.8) is 0 Å². The first-order valence-corrected chi connectivity index (χ1v) is 15.6. The SMILES string of the molecule is COc1cc(C(=O)N2CC3CCC2[C@@H]3N)cc2nc(-c3cc4ccc(Nc5cccc(C(N)=O)c5)nc4n3CC3CC3)n(C)c12. The van der Waals surface area contributed by atoms with Crippen LogP contribution in [0.3, 0.4) is 0 Å². The Morgan fingerprint density at radius 1 is 1.02 bits per heavy atom. The normalized spacial score (nSPS) is 20.8. The number of hydrogen-bond donors (Lipinski definition) is 3. The van der Waals surface area contributed by atoms with E-state index in [4.69, 9.17) is 26.2 Å². The van der Waals surface area contributed by atoms with Gasteiger partial charge in [0.05, 0.1) is 18.3 Å². The Morgan fingerprint density at radius 3 is 2.58 bits per heavy atom. The molecule has 2 aliphatic carbocycles. The summed E-state index contributed by atoms with van der Waals surface area (Å²) in [5.74, 6) is 2.52. The van der Waals surface area contributed by atoms with E-state index in [2.05, 4.69) is 16.0 Å². The summed E-state index contributed by atoms with van der Waals surface area (Å²) in [5.41, 5.74) is 17.0. The number of rotatable bonds is 8. The molecule has 3 atom stereocenters. The number of amides is 2. The highest BCUT2D eigenvalue weighted by Crippen LogP contribution is 2.40. The highest BCUT2D eigenvalue weighted by atomic mass is 16.5. The van der Waals surface area contributed by atoms with Gasteiger partial charge in [-0.1, -0.05) is 6.07 Å². The Bertz CT molecular complexity index is 2010. The summed E-state index contributed by atoms with van der Waals surface area (Å²) >= 11 is 0. The molecule has 45 heavy (non-hydrogen) atoms. The first kappa shape index (κ1) is 27.6. The summed E-state index contributed by atoms with van der Waals surface area (Å²) in [6, 6.07) is 17.0. The average molecular weight is 605 g/mol. The molecule has 2 unspecified atom stereocenters. The van der Waals surface area contributed by atoms with Crippen LogP contribution >= 0.6 is 0 Å². The van der Waals surface area contributed by atoms with E-state index >= 15 is 0 Å². The number of carbonyl (C=O) groups is 2. The number of anilines is 2. The van der Waals surface area contributed by atoms with Crippen LogP contribution < -0.4 is 21.5 Å². The Hall–Kier alpha value is -4.90. The third-order valence-corrected chi connectivity index (χ3v) is 9.85. The highest BCUT2D eigenvalue weighted by molar-refractivity contribution is 6.00. The molecule has 2 aromatic carbocycles. The van der Waals surface area contributed by atoms with Crippen molar-refractivity contribution in [3.05, 3.63) is 65.7 Å². The van der Waals surface area contributed by atoms with E-state index in [1.165, 1.54) is 12.8 Å². The molecule has 2 bridgehead atoms. The number of carbonyl (C=O) groups excluding carboxylic acids is 2. The molecule has 11 heteroatoms. The fraction of sp³-hybridized carbons (Fsp3) is 0.353. The van der Waals surface area contributed by atoms with Crippen molar-refractivity contribution in [2.45, 2.75) is 44.3 Å². The number of likely N-dealkylation sites (tertiary alicyclic amines) is 1. The molecule has 3 aliphatic rings. The average Bonchev–Trinajstić information content (AvgIpc) is 3.45. The summed E-state index contributed by atoms with van der Waals surface area (Å²) in [4.78, 5) is 37.5. The van der Waals surface area contributed by atoms with Gasteiger partial charge in [-0.25, -0.2) is 9.97 Å². The summed E-state index contributed by atoms with van der Waals surface area (Å²) in [5, 5.41) is 4.32. The van der Waals surface area contributed by atoms with Crippen LogP contribution in [-0.4, -0.2) is 61.6 Å². The number of methoxy groups -OCH3 is 1. The molecule has 5 aromatic rings. The number of aryl methyl sites for hydroxylation is 1. The van der Waals surface area contributed by atoms with Crippen LogP contribution in [0.15, 0.2) is 54.6 Å². The third-order valence-electron chi connectivity index (χ3n) is 9.85. The monoisotopic (exact) mass is 604 g/mol. The van der Waals surface area contributed by atoms with Crippen LogP contribution in [0.2, 0.25) is 0 Å². The van der Waals surface area contributed by atoms with Gasteiger partial charge >= 0.3 is 0 Å². The van der Waals surface area contributed by atoms with Gasteiger partial charge in [0.25, 0.3) is 5.91 Å². The van der Waals surface area contributed by atoms with Gasteiger partial charge < -0.3 is 35.6 Å². The van der Waals surface area contributed by atoms with Gasteiger partial charge in [-0.15, -0.1) is 0 Å². The van der Waals surface area contributed by atoms with Gasteiger partial charge in [0.1, 0.15) is 22.7 Å². The number of nitrogens with zero attached hydrogens (tertiary/aromatic N) is 5. The molecule has 0 spiro atoms. The van der Waals surface area contributed by atoms with E-state index in [0.717, 1.165) is 53.1 Å². The first-order chi connectivity index (χ1) is 21.8. The molecule has 3 fully saturated rings. The molecule has 5 N–H and O–H groups in total. The molecular formula is C34H36N8O3. The molecule has 3 aromatic heterocycles. The number of pyridine rings is 1. The molecule has 2 amide bonds. The second-order valence-corrected chi connectivity index (χ2v) is 12.7. The van der Waals surface area contributed by atoms with Crippen molar-refractivity contribution in [2.75, 3.05) is 19.0 Å². The Labute approximate surface area is 260 Å². The second kappa shape index (κ2) is 10.3. The number of ether oxygens (including phenoxy) is 1. The third kappa shape index (κ3) is 4.61. The molecule has 1 saturated heterocycles. The number of fused-ring (bicyclic) bond motifs is 4. The fourth-order valence-electron chi connectivity index (χ4n) is 7.29. The van der Waals surface area contributed by atoms with E-state index in [-0.39, 0.29) is 18.0 Å². The molecule has 11 nitrogen and oxygen atoms in total. The van der Waals surface area contributed by atoms with Crippen molar-refractivity contribution in [1.82, 2.24) is 24.0 Å². The number of piperidine rings is 1. The molecule has 230 valence electrons. The van der Waals surface area contributed by atoms with E-state index in [1.807, 2.05) is 46.8 Å². The Balaban J connectivity index is 1.19. The van der Waals surface area contributed by atoms with Gasteiger partial charge in [-0.2, -0.15) is 0 Å². The summed E-state index contributed by atoms with van der Waals surface area (Å²) in [6.45, 7) is 1.54. The van der Waals surface area contributed by atoms with Crippen molar-refractivity contribution in [2.24, 2.45) is 30.4 Å². The maximum absolute atomic E-state index is 13.7. The van der Waals surface area contributed by atoms with Crippen LogP contribution in [0.1, 0.15) is 46.4 Å². The number of benzene rings is 2. The highest BCUT2D eigenvalue weighted by Gasteiger charge is 2.47. The van der Waals surface area contributed by atoms with Gasteiger partial charge in [0, 0.05) is 54.4 Å². The van der Waals surface area contributed by atoms with Gasteiger partial charge in [0.2, 0.25) is 5.91 Å². The largest absolute Gasteiger partial charge is 0.494 e. The van der Waals surface area contributed by atoms with Crippen molar-refractivity contribution < 1.29 is 14.3 Å². The Morgan fingerprint density at radius 2 is 1.87 bits per heavy atom. The Kier molecular flexibility index (Phi) is 6.35. The molecule has 2 saturated carbocycles. The van der Waals surface area contributed by atoms with Gasteiger partial charge in [0.15, 0.2) is 5.82 Å². The molecule has 4 heterocycles. The van der Waals surface area contributed by atoms with E-state index < -0.39 is 5.91 Å². The van der Waals surface area contributed by atoms with Crippen molar-refractivity contribution in [3.8, 4) is 17.3 Å². The summed E-state index contributed by atoms with van der Waals surface area (Å²) in [7, 11) is 3.61. The summed E-state index contributed by atoms with van der Waals surface area (Å²) in [6.07, 6.45) is 4.41. The van der Waals surface area contributed by atoms with Crippen molar-refractivity contribution >= 4 is 45.4 Å². The van der Waals surface area contributed by atoms with Crippen LogP contribution in [-0.2, 0) is 13.6 Å². The van der Waals surface area contributed by atoms with E-state index in [1.54, 1.807) is 25.3 Å². The first-order valence-electron chi connectivity index (χ1n) is 15.6. The lowest BCUT2D eigenvalue weighted by atomic mass is 10.1.